The molecule has 0 fully saturated rings. The van der Waals surface area contributed by atoms with Crippen molar-refractivity contribution in [3.05, 3.63) is 35.1 Å². The molecule has 1 atom stereocenters. The van der Waals surface area contributed by atoms with Crippen LogP contribution >= 0.6 is 0 Å². The van der Waals surface area contributed by atoms with E-state index >= 15 is 0 Å². The average molecular weight is 296 g/mol. The summed E-state index contributed by atoms with van der Waals surface area (Å²) in [6.45, 7) is 0.765. The van der Waals surface area contributed by atoms with Gasteiger partial charge in [0.25, 0.3) is 0 Å². The first-order valence-corrected chi connectivity index (χ1v) is 5.79. The molecule has 0 aliphatic carbocycles. The van der Waals surface area contributed by atoms with E-state index in [1.165, 1.54) is 7.11 Å². The number of benzene rings is 1. The highest BCUT2D eigenvalue weighted by atomic mass is 19.4. The molecule has 114 valence electrons. The fourth-order valence-electron chi connectivity index (χ4n) is 1.56. The maximum atomic E-state index is 13.4. The summed E-state index contributed by atoms with van der Waals surface area (Å²) in [6.07, 6.45) is -4.72. The molecule has 0 heterocycles. The molecule has 0 aromatic heterocycles. The van der Waals surface area contributed by atoms with Crippen molar-refractivity contribution in [1.29, 1.82) is 0 Å². The van der Waals surface area contributed by atoms with E-state index in [0.29, 0.717) is 19.3 Å². The molecule has 0 saturated carbocycles. The van der Waals surface area contributed by atoms with E-state index in [1.54, 1.807) is 0 Å². The highest BCUT2D eigenvalue weighted by Crippen LogP contribution is 2.32. The summed E-state index contributed by atoms with van der Waals surface area (Å²) in [5.41, 5.74) is 1.33. The molecule has 1 aromatic carbocycles. The Kier molecular flexibility index (Phi) is 6.34. The molecule has 0 aliphatic heterocycles. The van der Waals surface area contributed by atoms with Gasteiger partial charge in [-0.25, -0.2) is 4.39 Å². The van der Waals surface area contributed by atoms with Crippen LogP contribution in [0.3, 0.4) is 0 Å². The van der Waals surface area contributed by atoms with Gasteiger partial charge in [0.05, 0.1) is 31.4 Å². The van der Waals surface area contributed by atoms with Gasteiger partial charge in [-0.1, -0.05) is 6.07 Å². The Balaban J connectivity index is 2.76. The summed E-state index contributed by atoms with van der Waals surface area (Å²) < 4.78 is 60.7. The Morgan fingerprint density at radius 3 is 2.50 bits per heavy atom. The van der Waals surface area contributed by atoms with Crippen LogP contribution in [0.5, 0.6) is 0 Å². The highest BCUT2D eigenvalue weighted by Gasteiger charge is 2.34. The summed E-state index contributed by atoms with van der Waals surface area (Å²) in [4.78, 5) is 0. The largest absolute Gasteiger partial charge is 0.419 e. The van der Waals surface area contributed by atoms with Crippen LogP contribution in [0, 0.1) is 5.82 Å². The Hall–Kier alpha value is -1.22. The smallest absolute Gasteiger partial charge is 0.382 e. The number of nitrogens with one attached hydrogen (secondary N) is 1. The minimum absolute atomic E-state index is 0.0880. The first-order valence-electron chi connectivity index (χ1n) is 5.79. The molecule has 0 saturated heterocycles. The third-order valence-corrected chi connectivity index (χ3v) is 2.62. The Labute approximate surface area is 113 Å². The lowest BCUT2D eigenvalue weighted by atomic mass is 10.0. The van der Waals surface area contributed by atoms with E-state index in [2.05, 4.69) is 5.43 Å². The lowest BCUT2D eigenvalue weighted by molar-refractivity contribution is -0.140. The highest BCUT2D eigenvalue weighted by molar-refractivity contribution is 5.28. The van der Waals surface area contributed by atoms with Crippen molar-refractivity contribution in [2.75, 3.05) is 26.9 Å². The lowest BCUT2D eigenvalue weighted by Crippen LogP contribution is -2.32. The number of ether oxygens (including phenoxy) is 2. The van der Waals surface area contributed by atoms with E-state index in [1.807, 2.05) is 0 Å². The normalized spacial score (nSPS) is 13.5. The fraction of sp³-hybridized carbons (Fsp3) is 0.500. The van der Waals surface area contributed by atoms with Crippen molar-refractivity contribution in [3.63, 3.8) is 0 Å². The number of rotatable bonds is 7. The van der Waals surface area contributed by atoms with Gasteiger partial charge in [-0.05, 0) is 17.7 Å². The van der Waals surface area contributed by atoms with Gasteiger partial charge >= 0.3 is 6.18 Å². The zero-order chi connectivity index (χ0) is 15.2. The van der Waals surface area contributed by atoms with E-state index in [9.17, 15) is 17.6 Å². The predicted molar refractivity (Wildman–Crippen MR) is 64.2 cm³/mol. The molecule has 0 bridgehead atoms. The summed E-state index contributed by atoms with van der Waals surface area (Å²) in [6, 6.07) is 2.04. The predicted octanol–water partition coefficient (Wildman–Crippen LogP) is 2.01. The molecule has 1 unspecified atom stereocenters. The van der Waals surface area contributed by atoms with Crippen molar-refractivity contribution in [1.82, 2.24) is 5.43 Å². The molecule has 20 heavy (non-hydrogen) atoms. The molecular weight excluding hydrogens is 280 g/mol. The van der Waals surface area contributed by atoms with E-state index in [0.717, 1.165) is 12.1 Å². The van der Waals surface area contributed by atoms with E-state index in [-0.39, 0.29) is 12.2 Å². The van der Waals surface area contributed by atoms with Gasteiger partial charge in [0.1, 0.15) is 5.82 Å². The Morgan fingerprint density at radius 2 is 2.00 bits per heavy atom. The quantitative estimate of drug-likeness (QED) is 0.350. The summed E-state index contributed by atoms with van der Waals surface area (Å²) >= 11 is 0. The van der Waals surface area contributed by atoms with E-state index < -0.39 is 23.6 Å². The van der Waals surface area contributed by atoms with Crippen molar-refractivity contribution < 1.29 is 27.0 Å². The number of nitrogens with two attached hydrogens (primary N) is 1. The van der Waals surface area contributed by atoms with Crippen LogP contribution in [0.15, 0.2) is 18.2 Å². The van der Waals surface area contributed by atoms with E-state index in [4.69, 9.17) is 15.3 Å². The van der Waals surface area contributed by atoms with Crippen LogP contribution in [0.4, 0.5) is 17.6 Å². The zero-order valence-electron chi connectivity index (χ0n) is 10.8. The van der Waals surface area contributed by atoms with Crippen LogP contribution in [0.2, 0.25) is 0 Å². The van der Waals surface area contributed by atoms with Gasteiger partial charge in [-0.3, -0.25) is 11.3 Å². The van der Waals surface area contributed by atoms with Gasteiger partial charge in [0.15, 0.2) is 0 Å². The van der Waals surface area contributed by atoms with Gasteiger partial charge in [-0.2, -0.15) is 13.2 Å². The maximum Gasteiger partial charge on any atom is 0.419 e. The molecule has 1 aromatic rings. The summed E-state index contributed by atoms with van der Waals surface area (Å²) in [5, 5.41) is 0. The second kappa shape index (κ2) is 7.53. The molecule has 4 nitrogen and oxygen atoms in total. The monoisotopic (exact) mass is 296 g/mol. The standard InChI is InChI=1S/C12H16F4N2O2/c1-19-4-5-20-7-11(18-17)8-2-3-9(10(13)6-8)12(14,15)16/h2-3,6,11,18H,4-5,7,17H2,1H3. The molecule has 0 amide bonds. The second-order valence-corrected chi connectivity index (χ2v) is 4.02. The number of methoxy groups -OCH3 is 1. The van der Waals surface area contributed by atoms with Crippen molar-refractivity contribution >= 4 is 0 Å². The van der Waals surface area contributed by atoms with Gasteiger partial charge in [0, 0.05) is 7.11 Å². The maximum absolute atomic E-state index is 13.4. The average Bonchev–Trinajstić information content (AvgIpc) is 2.37. The molecule has 8 heteroatoms. The first-order chi connectivity index (χ1) is 9.40. The molecular formula is C12H16F4N2O2. The SMILES string of the molecule is COCCOCC(NN)c1ccc(C(F)(F)F)c(F)c1. The van der Waals surface area contributed by atoms with Crippen molar-refractivity contribution in [3.8, 4) is 0 Å². The molecule has 0 spiro atoms. The summed E-state index contributed by atoms with van der Waals surface area (Å²) in [7, 11) is 1.51. The topological polar surface area (TPSA) is 56.5 Å². The molecule has 0 radical (unpaired) electrons. The number of hydrogen-bond donors (Lipinski definition) is 2. The Morgan fingerprint density at radius 1 is 1.30 bits per heavy atom. The van der Waals surface area contributed by atoms with Crippen LogP contribution < -0.4 is 11.3 Å². The summed E-state index contributed by atoms with van der Waals surface area (Å²) in [5.74, 6) is 3.95. The third kappa shape index (κ3) is 4.71. The molecule has 1 rings (SSSR count). The molecule has 0 aliphatic rings. The first kappa shape index (κ1) is 16.8. The van der Waals surface area contributed by atoms with Crippen LogP contribution in [-0.2, 0) is 15.7 Å². The minimum atomic E-state index is -4.72. The van der Waals surface area contributed by atoms with Gasteiger partial charge < -0.3 is 9.47 Å². The van der Waals surface area contributed by atoms with Crippen LogP contribution in [0.25, 0.3) is 0 Å². The minimum Gasteiger partial charge on any atom is -0.382 e. The zero-order valence-corrected chi connectivity index (χ0v) is 10.8. The number of hydrogen-bond acceptors (Lipinski definition) is 4. The second-order valence-electron chi connectivity index (χ2n) is 4.02. The molecule has 3 N–H and O–H groups in total. The van der Waals surface area contributed by atoms with Gasteiger partial charge in [0.2, 0.25) is 0 Å². The Bertz CT molecular complexity index is 426. The number of hydrazine groups is 1. The number of halogens is 4. The van der Waals surface area contributed by atoms with Crippen LogP contribution in [0.1, 0.15) is 17.2 Å². The van der Waals surface area contributed by atoms with Crippen molar-refractivity contribution in [2.45, 2.75) is 12.2 Å². The van der Waals surface area contributed by atoms with Gasteiger partial charge in [-0.15, -0.1) is 0 Å². The van der Waals surface area contributed by atoms with Crippen molar-refractivity contribution in [2.24, 2.45) is 5.84 Å². The van der Waals surface area contributed by atoms with Crippen LogP contribution in [-0.4, -0.2) is 26.9 Å². The third-order valence-electron chi connectivity index (χ3n) is 2.62. The fourth-order valence-corrected chi connectivity index (χ4v) is 1.56. The lowest BCUT2D eigenvalue weighted by Gasteiger charge is -2.17. The number of alkyl halides is 3.